The molecule has 2 aromatic carbocycles. The van der Waals surface area contributed by atoms with Gasteiger partial charge in [0.25, 0.3) is 0 Å². The third-order valence-electron chi connectivity index (χ3n) is 7.31. The van der Waals surface area contributed by atoms with Crippen molar-refractivity contribution in [2.45, 2.75) is 37.3 Å². The number of hydrogen-bond acceptors (Lipinski definition) is 6. The highest BCUT2D eigenvalue weighted by Crippen LogP contribution is 2.47. The maximum atomic E-state index is 13.6. The molecule has 1 spiro atoms. The average Bonchev–Trinajstić information content (AvgIpc) is 3.23. The number of piperidine rings is 1. The van der Waals surface area contributed by atoms with Crippen LogP contribution in [0.3, 0.4) is 0 Å². The van der Waals surface area contributed by atoms with Crippen LogP contribution in [-0.2, 0) is 47.3 Å². The molecule has 208 valence electrons. The number of methoxy groups -OCH3 is 1. The van der Waals surface area contributed by atoms with Gasteiger partial charge in [-0.2, -0.15) is 0 Å². The third-order valence-corrected chi connectivity index (χ3v) is 9.73. The van der Waals surface area contributed by atoms with Gasteiger partial charge in [-0.25, -0.2) is 17.3 Å². The molecule has 2 aromatic rings. The molecule has 1 N–H and O–H groups in total. The second kappa shape index (κ2) is 12.7. The number of nitrogens with zero attached hydrogens (tertiary/aromatic N) is 2. The Morgan fingerprint density at radius 2 is 1.79 bits per heavy atom. The summed E-state index contributed by atoms with van der Waals surface area (Å²) in [5.41, 5.74) is 2.92. The molecule has 2 aliphatic heterocycles. The normalized spacial score (nSPS) is 18.4. The lowest BCUT2D eigenvalue weighted by Gasteiger charge is -2.40. The third kappa shape index (κ3) is 6.81. The van der Waals surface area contributed by atoms with Crippen LogP contribution in [0, 0.1) is 0 Å². The fraction of sp³-hybridized carbons (Fsp3) is 0.519. The van der Waals surface area contributed by atoms with Crippen LogP contribution < -0.4 is 9.03 Å². The lowest BCUT2D eigenvalue weighted by atomic mass is 9.74. The number of sulfonamides is 1. The summed E-state index contributed by atoms with van der Waals surface area (Å²) in [6.07, 6.45) is 3.44. The lowest BCUT2D eigenvalue weighted by molar-refractivity contribution is -0.136. The summed E-state index contributed by atoms with van der Waals surface area (Å²) in [5.74, 6) is -0.418. The summed E-state index contributed by atoms with van der Waals surface area (Å²) in [6.45, 7) is 2.15. The van der Waals surface area contributed by atoms with Crippen LogP contribution in [0.5, 0.6) is 0 Å². The van der Waals surface area contributed by atoms with Gasteiger partial charge in [0.2, 0.25) is 15.9 Å². The molecule has 38 heavy (non-hydrogen) atoms. The van der Waals surface area contributed by atoms with Gasteiger partial charge >= 0.3 is 0 Å². The summed E-state index contributed by atoms with van der Waals surface area (Å²) in [4.78, 5) is 15.3. The fourth-order valence-electron chi connectivity index (χ4n) is 5.31. The fourth-order valence-corrected chi connectivity index (χ4v) is 7.39. The molecule has 0 aliphatic carbocycles. The van der Waals surface area contributed by atoms with Crippen molar-refractivity contribution in [3.63, 3.8) is 0 Å². The Morgan fingerprint density at radius 1 is 1.11 bits per heavy atom. The van der Waals surface area contributed by atoms with Gasteiger partial charge in [-0.3, -0.25) is 9.10 Å². The first-order chi connectivity index (χ1) is 18.2. The number of ether oxygens (including phenoxy) is 2. The minimum Gasteiger partial charge on any atom is -0.385 e. The Kier molecular flexibility index (Phi) is 9.59. The predicted octanol–water partition coefficient (Wildman–Crippen LogP) is 2.20. The summed E-state index contributed by atoms with van der Waals surface area (Å²) < 4.78 is 53.2. The van der Waals surface area contributed by atoms with E-state index >= 15 is 0 Å². The molecule has 2 atom stereocenters. The van der Waals surface area contributed by atoms with E-state index in [0.717, 1.165) is 11.3 Å². The van der Waals surface area contributed by atoms with Crippen molar-refractivity contribution < 1.29 is 26.9 Å². The number of anilines is 1. The zero-order valence-electron chi connectivity index (χ0n) is 22.0. The number of rotatable bonds is 12. The highest BCUT2D eigenvalue weighted by atomic mass is 32.2. The molecule has 1 fully saturated rings. The first-order valence-corrected chi connectivity index (χ1v) is 16.0. The van der Waals surface area contributed by atoms with Crippen LogP contribution in [-0.4, -0.2) is 81.4 Å². The smallest absolute Gasteiger partial charge is 0.243 e. The van der Waals surface area contributed by atoms with Crippen LogP contribution in [0.2, 0.25) is 0 Å². The average molecular weight is 564 g/mol. The van der Waals surface area contributed by atoms with Gasteiger partial charge in [0, 0.05) is 45.0 Å². The highest BCUT2D eigenvalue weighted by molar-refractivity contribution is 7.89. The summed E-state index contributed by atoms with van der Waals surface area (Å²) in [7, 11) is -3.33. The molecule has 1 unspecified atom stereocenters. The van der Waals surface area contributed by atoms with Crippen molar-refractivity contribution in [3.05, 3.63) is 65.7 Å². The molecule has 0 aromatic heterocycles. The molecule has 9 nitrogen and oxygen atoms in total. The first-order valence-electron chi connectivity index (χ1n) is 12.8. The highest BCUT2D eigenvalue weighted by Gasteiger charge is 2.46. The largest absolute Gasteiger partial charge is 0.385 e. The first kappa shape index (κ1) is 28.7. The number of fused-ring (bicyclic) bond motifs is 2. The van der Waals surface area contributed by atoms with Gasteiger partial charge < -0.3 is 14.4 Å². The van der Waals surface area contributed by atoms with E-state index in [1.165, 1.54) is 12.7 Å². The number of hydrogen-bond donors (Lipinski definition) is 1. The van der Waals surface area contributed by atoms with E-state index in [2.05, 4.69) is 10.8 Å². The minimum atomic E-state index is -3.71. The van der Waals surface area contributed by atoms with Crippen molar-refractivity contribution in [1.82, 2.24) is 9.62 Å². The van der Waals surface area contributed by atoms with Gasteiger partial charge in [0.15, 0.2) is 0 Å². The van der Waals surface area contributed by atoms with E-state index < -0.39 is 27.1 Å². The minimum absolute atomic E-state index is 0.0652. The van der Waals surface area contributed by atoms with Gasteiger partial charge in [0.1, 0.15) is 17.0 Å². The molecule has 0 saturated carbocycles. The molecule has 4 rings (SSSR count). The van der Waals surface area contributed by atoms with Crippen LogP contribution in [0.15, 0.2) is 54.6 Å². The lowest BCUT2D eigenvalue weighted by Crippen LogP contribution is -2.55. The van der Waals surface area contributed by atoms with Crippen LogP contribution >= 0.6 is 0 Å². The van der Waals surface area contributed by atoms with E-state index in [4.69, 9.17) is 9.47 Å². The van der Waals surface area contributed by atoms with Crippen molar-refractivity contribution in [2.24, 2.45) is 0 Å². The second-order valence-electron chi connectivity index (χ2n) is 9.92. The topological polar surface area (TPSA) is 105 Å². The van der Waals surface area contributed by atoms with Crippen LogP contribution in [0.4, 0.5) is 5.69 Å². The van der Waals surface area contributed by atoms with E-state index in [1.807, 2.05) is 52.8 Å². The predicted molar refractivity (Wildman–Crippen MR) is 149 cm³/mol. The Hall–Kier alpha value is -2.31. The van der Waals surface area contributed by atoms with Crippen LogP contribution in [0.1, 0.15) is 30.4 Å². The maximum absolute atomic E-state index is 13.6. The Labute approximate surface area is 228 Å². The van der Waals surface area contributed by atoms with Gasteiger partial charge in [-0.05, 0) is 36.5 Å². The number of nitrogens with one attached hydrogen (secondary N) is 1. The Morgan fingerprint density at radius 3 is 2.47 bits per heavy atom. The van der Waals surface area contributed by atoms with E-state index in [0.29, 0.717) is 45.5 Å². The van der Waals surface area contributed by atoms with E-state index in [1.54, 1.807) is 11.2 Å². The number of likely N-dealkylation sites (tertiary alicyclic amines) is 1. The van der Waals surface area contributed by atoms with E-state index in [-0.39, 0.29) is 30.3 Å². The molecule has 2 heterocycles. The van der Waals surface area contributed by atoms with Gasteiger partial charge in [0.05, 0.1) is 24.7 Å². The zero-order valence-corrected chi connectivity index (χ0v) is 23.6. The van der Waals surface area contributed by atoms with Crippen LogP contribution in [0.25, 0.3) is 0 Å². The number of carbonyl (C=O) groups excluding carboxylic acids is 1. The number of amides is 1. The molecular formula is C27H37N3O6S2. The number of carbonyl (C=O) groups is 1. The van der Waals surface area contributed by atoms with Crippen molar-refractivity contribution in [1.29, 1.82) is 0 Å². The van der Waals surface area contributed by atoms with E-state index in [9.17, 15) is 17.4 Å². The summed E-state index contributed by atoms with van der Waals surface area (Å²) >= 11 is 0. The standard InChI is InChI=1S/C27H37N3O6S2/c1-35-17-8-18-38(33,34)28-24(20-36-19-22-9-4-3-5-10-22)26(31)29-15-13-27(14-16-29)21-30(37(2)32)25-12-7-6-11-23(25)27/h3-7,9-12,24,28H,8,13-21H2,1-2H3/t24-,37?/m1/s1. The van der Waals surface area contributed by atoms with Crippen molar-refractivity contribution in [3.8, 4) is 0 Å². The SMILES string of the molecule is COCCCS(=O)(=O)N[C@H](COCc1ccccc1)C(=O)N1CCC2(CC1)CN(S(C)=O)c1ccccc12. The van der Waals surface area contributed by atoms with Crippen molar-refractivity contribution in [2.75, 3.05) is 56.3 Å². The van der Waals surface area contributed by atoms with Gasteiger partial charge in [-0.15, -0.1) is 0 Å². The molecular weight excluding hydrogens is 526 g/mol. The molecule has 1 amide bonds. The molecule has 11 heteroatoms. The summed E-state index contributed by atoms with van der Waals surface area (Å²) in [6, 6.07) is 16.6. The maximum Gasteiger partial charge on any atom is 0.243 e. The quantitative estimate of drug-likeness (QED) is 0.397. The molecule has 0 radical (unpaired) electrons. The molecule has 2 aliphatic rings. The monoisotopic (exact) mass is 563 g/mol. The molecule has 1 saturated heterocycles. The number of benzene rings is 2. The second-order valence-corrected chi connectivity index (χ2v) is 13.1. The molecule has 0 bridgehead atoms. The Balaban J connectivity index is 1.44. The zero-order chi connectivity index (χ0) is 27.2. The number of para-hydroxylation sites is 1. The van der Waals surface area contributed by atoms with Crippen molar-refractivity contribution >= 4 is 32.6 Å². The summed E-state index contributed by atoms with van der Waals surface area (Å²) in [5, 5.41) is 0. The van der Waals surface area contributed by atoms with Gasteiger partial charge in [-0.1, -0.05) is 48.5 Å². The Bertz CT molecular complexity index is 1220.